The Bertz CT molecular complexity index is 53.8. The Balaban J connectivity index is -0.0000000184. The fourth-order valence-corrected chi connectivity index (χ4v) is 0. The van der Waals surface area contributed by atoms with Crippen molar-refractivity contribution in [3.63, 3.8) is 0 Å². The van der Waals surface area contributed by atoms with Crippen LogP contribution in [0.3, 0.4) is 0 Å². The third-order valence-electron chi connectivity index (χ3n) is 0. The zero-order chi connectivity index (χ0) is 10.7. The second kappa shape index (κ2) is 30.2. The van der Waals surface area contributed by atoms with Crippen molar-refractivity contribution in [3.05, 3.63) is 0 Å². The first-order chi connectivity index (χ1) is 5.20. The van der Waals surface area contributed by atoms with Gasteiger partial charge in [-0.2, -0.15) is 0 Å². The van der Waals surface area contributed by atoms with Crippen LogP contribution in [0.4, 0.5) is 0 Å². The summed E-state index contributed by atoms with van der Waals surface area (Å²) in [6, 6.07) is 0. The normalized spacial score (nSPS) is 7.20. The van der Waals surface area contributed by atoms with Gasteiger partial charge in [-0.3, -0.25) is 0 Å². The molecule has 9 nitrogen and oxygen atoms in total. The molecule has 0 rings (SSSR count). The molecule has 0 atom stereocenters. The monoisotopic (exact) mass is 448 g/mol. The van der Waals surface area contributed by atoms with Crippen molar-refractivity contribution in [1.82, 2.24) is 0 Å². The minimum absolute atomic E-state index is 0. The molecular weight excluding hydrogens is 448 g/mol. The number of rotatable bonds is 0. The van der Waals surface area contributed by atoms with Crippen LogP contribution < -0.4 is 44.0 Å². The van der Waals surface area contributed by atoms with Crippen molar-refractivity contribution >= 4 is 88.8 Å². The Hall–Kier alpha value is 2.97. The summed E-state index contributed by atoms with van der Waals surface area (Å²) in [7, 11) is -10.1. The molecule has 78 valence electrons. The van der Waals surface area contributed by atoms with E-state index < -0.39 is 25.8 Å². The molecular formula is AlGaInO9P3. The fraction of sp³-hybridized carbons (Fsp3) is 0. The Morgan fingerprint density at radius 3 is 0.467 bits per heavy atom. The maximum absolute atomic E-state index is 8.48. The summed E-state index contributed by atoms with van der Waals surface area (Å²) in [6.45, 7) is 0. The van der Waals surface area contributed by atoms with Gasteiger partial charge in [-0.15, -0.1) is 0 Å². The van der Waals surface area contributed by atoms with E-state index in [1.807, 2.05) is 0 Å². The quantitative estimate of drug-likeness (QED) is 0.254. The molecule has 0 saturated carbocycles. The van der Waals surface area contributed by atoms with Crippen molar-refractivity contribution in [2.75, 3.05) is 0 Å². The van der Waals surface area contributed by atoms with E-state index in [0.29, 0.717) is 0 Å². The van der Waals surface area contributed by atoms with E-state index in [1.54, 1.807) is 0 Å². The van der Waals surface area contributed by atoms with Crippen molar-refractivity contribution in [2.45, 2.75) is 0 Å². The van der Waals surface area contributed by atoms with Crippen LogP contribution in [0.25, 0.3) is 0 Å². The van der Waals surface area contributed by atoms with Gasteiger partial charge in [0.1, 0.15) is 0 Å². The van der Waals surface area contributed by atoms with Crippen LogP contribution in [0.15, 0.2) is 0 Å². The molecule has 0 spiro atoms. The van der Waals surface area contributed by atoms with Crippen molar-refractivity contribution in [1.29, 1.82) is 0 Å². The summed E-state index contributed by atoms with van der Waals surface area (Å²) in [5.74, 6) is 0. The van der Waals surface area contributed by atoms with Crippen LogP contribution in [0.1, 0.15) is 0 Å². The molecule has 0 aromatic rings. The number of hydrogen-bond donors (Lipinski definition) is 0. The van der Waals surface area contributed by atoms with Crippen molar-refractivity contribution < 1.29 is 44.0 Å². The molecule has 15 heavy (non-hydrogen) atoms. The van der Waals surface area contributed by atoms with Gasteiger partial charge in [0.05, 0.1) is 0 Å². The average Bonchev–Trinajstić information content (AvgIpc) is 1.54. The molecule has 0 fully saturated rings. The van der Waals surface area contributed by atoms with Crippen LogP contribution >= 0.6 is 25.8 Å². The molecule has 0 N–H and O–H groups in total. The standard InChI is InChI=1S/Al.Ga.In.3O3P/c;;;3*1-4(2)3/q3*+3;3*-3. The second-order valence-corrected chi connectivity index (χ2v) is 2.01. The van der Waals surface area contributed by atoms with Gasteiger partial charge in [-0.1, -0.05) is 0 Å². The molecule has 15 heteroatoms. The summed E-state index contributed by atoms with van der Waals surface area (Å²) < 4.78 is 0. The van der Waals surface area contributed by atoms with Gasteiger partial charge in [0.2, 0.25) is 0 Å². The third kappa shape index (κ3) is 431. The largest absolute Gasteiger partial charge is 3.00 e. The molecule has 0 amide bonds. The third-order valence-corrected chi connectivity index (χ3v) is 0. The maximum Gasteiger partial charge on any atom is 3.00 e. The van der Waals surface area contributed by atoms with Gasteiger partial charge >= 0.3 is 63.0 Å². The summed E-state index contributed by atoms with van der Waals surface area (Å²) in [6.07, 6.45) is 0. The molecule has 0 radical (unpaired) electrons. The molecule has 0 aliphatic rings. The van der Waals surface area contributed by atoms with Crippen molar-refractivity contribution in [2.24, 2.45) is 0 Å². The topological polar surface area (TPSA) is 208 Å². The molecule has 0 aliphatic carbocycles. The number of hydrogen-bond acceptors (Lipinski definition) is 9. The molecule has 0 heterocycles. The zero-order valence-corrected chi connectivity index (χ0v) is 16.3. The van der Waals surface area contributed by atoms with Gasteiger partial charge in [0, 0.05) is 0 Å². The van der Waals surface area contributed by atoms with E-state index in [0.717, 1.165) is 0 Å². The van der Waals surface area contributed by atoms with Gasteiger partial charge in [0.25, 0.3) is 0 Å². The Kier molecular flexibility index (Phi) is 72.7. The summed E-state index contributed by atoms with van der Waals surface area (Å²) >= 11 is 0. The van der Waals surface area contributed by atoms with Gasteiger partial charge < -0.3 is 69.8 Å². The SMILES string of the molecule is [Al+3].[Ga+3].[In+3].[O-]P([O-])[O-].[O-]P([O-])[O-].[O-]P([O-])[O-]. The summed E-state index contributed by atoms with van der Waals surface area (Å²) in [5, 5.41) is 0. The zero-order valence-electron chi connectivity index (χ0n) is 6.75. The van der Waals surface area contributed by atoms with E-state index >= 15 is 0 Å². The minimum atomic E-state index is -3.37. The van der Waals surface area contributed by atoms with Crippen LogP contribution in [-0.2, 0) is 0 Å². The smallest absolute Gasteiger partial charge is 0.854 e. The van der Waals surface area contributed by atoms with E-state index in [1.165, 1.54) is 0 Å². The molecule has 0 aromatic heterocycles. The first-order valence-electron chi connectivity index (χ1n) is 1.64. The van der Waals surface area contributed by atoms with Crippen LogP contribution in [-0.4, -0.2) is 63.0 Å². The predicted molar refractivity (Wildman–Crippen MR) is 38.0 cm³/mol. The maximum atomic E-state index is 8.48. The first kappa shape index (κ1) is 36.1. The molecule has 0 unspecified atom stereocenters. The molecule has 0 aromatic carbocycles. The van der Waals surface area contributed by atoms with Crippen LogP contribution in [0, 0.1) is 0 Å². The van der Waals surface area contributed by atoms with Gasteiger partial charge in [-0.05, 0) is 0 Å². The molecule has 0 aliphatic heterocycles. The minimum Gasteiger partial charge on any atom is -0.854 e. The van der Waals surface area contributed by atoms with E-state index in [-0.39, 0.29) is 63.0 Å². The van der Waals surface area contributed by atoms with Crippen molar-refractivity contribution in [3.8, 4) is 0 Å². The van der Waals surface area contributed by atoms with E-state index in [4.69, 9.17) is 44.0 Å². The molecule has 0 bridgehead atoms. The average molecular weight is 448 g/mol. The van der Waals surface area contributed by atoms with Gasteiger partial charge in [-0.25, -0.2) is 0 Å². The fourth-order valence-electron chi connectivity index (χ4n) is 0. The van der Waals surface area contributed by atoms with Crippen LogP contribution in [0.2, 0.25) is 0 Å². The van der Waals surface area contributed by atoms with E-state index in [2.05, 4.69) is 0 Å². The molecule has 0 saturated heterocycles. The Labute approximate surface area is 132 Å². The second-order valence-electron chi connectivity index (χ2n) is 0.671. The predicted octanol–water partition coefficient (Wildman–Crippen LogP) is -9.26. The Morgan fingerprint density at radius 2 is 0.467 bits per heavy atom. The van der Waals surface area contributed by atoms with Crippen LogP contribution in [0.5, 0.6) is 0 Å². The Morgan fingerprint density at radius 1 is 0.467 bits per heavy atom. The van der Waals surface area contributed by atoms with Gasteiger partial charge in [0.15, 0.2) is 0 Å². The summed E-state index contributed by atoms with van der Waals surface area (Å²) in [4.78, 5) is 76.3. The first-order valence-corrected chi connectivity index (χ1v) is 4.93. The van der Waals surface area contributed by atoms with E-state index in [9.17, 15) is 0 Å². The summed E-state index contributed by atoms with van der Waals surface area (Å²) in [5.41, 5.74) is 0.